The van der Waals surface area contributed by atoms with Crippen LogP contribution in [0.4, 0.5) is 29.5 Å². The van der Waals surface area contributed by atoms with E-state index in [9.17, 15) is 10.2 Å². The number of anilines is 5. The highest BCUT2D eigenvalue weighted by Gasteiger charge is 2.33. The van der Waals surface area contributed by atoms with Crippen molar-refractivity contribution in [3.63, 3.8) is 0 Å². The summed E-state index contributed by atoms with van der Waals surface area (Å²) in [6.07, 6.45) is 12.6. The van der Waals surface area contributed by atoms with E-state index in [4.69, 9.17) is 80.2 Å². The van der Waals surface area contributed by atoms with Crippen LogP contribution in [0, 0.1) is 0 Å². The number of furan rings is 1. The topological polar surface area (TPSA) is 223 Å². The van der Waals surface area contributed by atoms with Crippen LogP contribution in [-0.4, -0.2) is 89.0 Å². The van der Waals surface area contributed by atoms with Gasteiger partial charge in [0, 0.05) is 116 Å². The molecule has 21 heteroatoms. The lowest BCUT2D eigenvalue weighted by Crippen LogP contribution is -2.19. The molecule has 19 rings (SSSR count). The van der Waals surface area contributed by atoms with Crippen LogP contribution in [0.15, 0.2) is 290 Å². The maximum absolute atomic E-state index is 9.47. The van der Waals surface area contributed by atoms with E-state index < -0.39 is 12.2 Å². The first kappa shape index (κ1) is 80.5. The number of halogens is 4. The van der Waals surface area contributed by atoms with E-state index in [1.165, 1.54) is 33.4 Å². The molecule has 0 amide bonds. The summed E-state index contributed by atoms with van der Waals surface area (Å²) in [5.74, 6) is 5.52. The summed E-state index contributed by atoms with van der Waals surface area (Å²) >= 11 is 25.7. The lowest BCUT2D eigenvalue weighted by atomic mass is 9.78. The van der Waals surface area contributed by atoms with Gasteiger partial charge in [-0.3, -0.25) is 0 Å². The minimum absolute atomic E-state index is 0.170. The van der Waals surface area contributed by atoms with Crippen LogP contribution in [-0.2, 0) is 38.7 Å². The molecule has 17 nitrogen and oxygen atoms in total. The molecule has 0 spiro atoms. The van der Waals surface area contributed by atoms with Gasteiger partial charge >= 0.3 is 0 Å². The fourth-order valence-electron chi connectivity index (χ4n) is 15.9. The van der Waals surface area contributed by atoms with E-state index in [1.54, 1.807) is 27.2 Å². The molecule has 119 heavy (non-hydrogen) atoms. The van der Waals surface area contributed by atoms with Gasteiger partial charge < -0.3 is 45.4 Å². The Morgan fingerprint density at radius 1 is 0.395 bits per heavy atom. The molecule has 0 bridgehead atoms. The van der Waals surface area contributed by atoms with Gasteiger partial charge in [-0.2, -0.15) is 0 Å². The molecular formula is C98H86Cl4N12O5. The second-order valence-electron chi connectivity index (χ2n) is 29.8. The fraction of sp³-hybridized carbons (Fsp3) is 0.184. The molecule has 5 aromatic heterocycles. The Kier molecular flexibility index (Phi) is 25.4. The van der Waals surface area contributed by atoms with Gasteiger partial charge in [0.05, 0.1) is 48.4 Å². The summed E-state index contributed by atoms with van der Waals surface area (Å²) in [6, 6.07) is 85.4. The zero-order valence-corrected chi connectivity index (χ0v) is 68.7. The molecule has 15 aromatic rings. The molecule has 0 aliphatic heterocycles. The van der Waals surface area contributed by atoms with Gasteiger partial charge in [-0.25, -0.2) is 39.9 Å². The molecule has 4 aliphatic carbocycles. The lowest BCUT2D eigenvalue weighted by molar-refractivity contribution is 0.207. The van der Waals surface area contributed by atoms with Crippen molar-refractivity contribution >= 4 is 75.9 Å². The van der Waals surface area contributed by atoms with Crippen LogP contribution >= 0.6 is 46.4 Å². The number of hydrogen-bond acceptors (Lipinski definition) is 17. The van der Waals surface area contributed by atoms with Gasteiger partial charge in [0.25, 0.3) is 0 Å². The molecule has 4 unspecified atom stereocenters. The van der Waals surface area contributed by atoms with Crippen molar-refractivity contribution in [3.8, 4) is 56.5 Å². The smallest absolute Gasteiger partial charge is 0.227 e. The maximum atomic E-state index is 9.47. The summed E-state index contributed by atoms with van der Waals surface area (Å²) in [5, 5.41) is 34.9. The predicted octanol–water partition coefficient (Wildman–Crippen LogP) is 22.1. The molecule has 0 radical (unpaired) electrons. The second-order valence-corrected chi connectivity index (χ2v) is 31.4. The van der Waals surface area contributed by atoms with Crippen molar-refractivity contribution in [1.82, 2.24) is 39.9 Å². The third kappa shape index (κ3) is 19.0. The van der Waals surface area contributed by atoms with Crippen molar-refractivity contribution in [2.45, 2.75) is 88.4 Å². The van der Waals surface area contributed by atoms with Gasteiger partial charge in [0.1, 0.15) is 23.9 Å². The Morgan fingerprint density at radius 3 is 1.17 bits per heavy atom. The Labute approximate surface area is 712 Å². The van der Waals surface area contributed by atoms with Gasteiger partial charge in [-0.15, -0.1) is 0 Å². The SMILES string of the molecule is COc1ccc(CCNc2ncc3c(n2)-c2ccccc2C(c2ccccc2Cl)C3)cc1.C[C@@H](O)CNc1ncc2c(n1)-c1ccccc1C(c1ccc(Cl)cc1)C2.C[C@@H](O)CNc1ncc2c(n1)-c1ccccc1C(c1ccccc1Cl)C2.Clc1ccccc1C1Cc2cnc(Nc3ccc(OCc4ccco4)cc3)nc2-c2ccccc21. The minimum Gasteiger partial charge on any atom is -0.497 e. The Morgan fingerprint density at radius 2 is 0.765 bits per heavy atom. The number of aliphatic hydroxyl groups is 2. The summed E-state index contributed by atoms with van der Waals surface area (Å²) < 4.78 is 16.3. The maximum Gasteiger partial charge on any atom is 0.227 e. The van der Waals surface area contributed by atoms with Gasteiger partial charge in [-0.1, -0.05) is 222 Å². The van der Waals surface area contributed by atoms with Crippen LogP contribution in [0.1, 0.15) is 116 Å². The zero-order valence-electron chi connectivity index (χ0n) is 65.7. The van der Waals surface area contributed by atoms with E-state index in [-0.39, 0.29) is 23.7 Å². The number of fused-ring (bicyclic) bond motifs is 12. The molecule has 0 saturated heterocycles. The van der Waals surface area contributed by atoms with Crippen LogP contribution in [0.25, 0.3) is 45.0 Å². The van der Waals surface area contributed by atoms with Crippen LogP contribution in [0.3, 0.4) is 0 Å². The molecule has 596 valence electrons. The average Bonchev–Trinajstić information content (AvgIpc) is 0.921. The van der Waals surface area contributed by atoms with Crippen LogP contribution in [0.2, 0.25) is 20.1 Å². The van der Waals surface area contributed by atoms with E-state index in [2.05, 4.69) is 163 Å². The minimum atomic E-state index is -0.452. The number of rotatable bonds is 20. The third-order valence-electron chi connectivity index (χ3n) is 21.7. The Hall–Kier alpha value is -12.3. The highest BCUT2D eigenvalue weighted by atomic mass is 35.5. The van der Waals surface area contributed by atoms with Crippen molar-refractivity contribution in [1.29, 1.82) is 0 Å². The van der Waals surface area contributed by atoms with E-state index in [1.807, 2.05) is 158 Å². The number of nitrogens with zero attached hydrogens (tertiary/aromatic N) is 8. The average molecular weight is 1650 g/mol. The van der Waals surface area contributed by atoms with Crippen LogP contribution in [0.5, 0.6) is 11.5 Å². The molecule has 4 aliphatic rings. The standard InChI is InChI=1S/C29H22ClN3O2.C27H24ClN3O.2C21H20ClN3O/c30-27-10-4-3-8-24(27)26-16-19-17-31-29(33-28(19)25-9-2-1-7-23(25)26)32-20-11-13-21(14-12-20)35-18-22-6-5-15-34-22;1-32-20-12-10-18(11-13-20)14-15-29-27-30-17-19-16-24(22-7-4-5-9-25(22)28)21-6-2-3-8-23(21)26(19)31-27;1-13(26)11-23-21-24-12-14-10-18(16-7-4-5-9-19(16)22)15-6-2-3-8-17(15)20(14)25-21;1-13(26)11-23-21-24-12-15-10-19(14-6-8-16(22)9-7-14)17-4-2-3-5-18(17)20(15)25-21/h1-15,17,26H,16,18H2,(H,31,32,33);2-13,17,24H,14-16H2,1H3,(H,29,30,31);2-9,12-13,18,26H,10-11H2,1H3,(H,23,24,25);2-9,12-13,19,26H,10-11H2,1H3,(H,23,24,25)/t;;13-,18?;13-,19?/m..11/s1. The summed E-state index contributed by atoms with van der Waals surface area (Å²) in [7, 11) is 1.68. The summed E-state index contributed by atoms with van der Waals surface area (Å²) in [4.78, 5) is 37.3. The number of aromatic nitrogens is 8. The number of ether oxygens (including phenoxy) is 2. The molecule has 5 heterocycles. The van der Waals surface area contributed by atoms with Gasteiger partial charge in [0.15, 0.2) is 0 Å². The molecule has 0 fully saturated rings. The Bertz CT molecular complexity index is 6020. The monoisotopic (exact) mass is 1650 g/mol. The first-order valence-electron chi connectivity index (χ1n) is 39.7. The zero-order chi connectivity index (χ0) is 81.7. The first-order valence-corrected chi connectivity index (χ1v) is 41.3. The highest BCUT2D eigenvalue weighted by Crippen LogP contribution is 2.48. The first-order chi connectivity index (χ1) is 58.2. The van der Waals surface area contributed by atoms with Crippen LogP contribution < -0.4 is 30.7 Å². The lowest BCUT2D eigenvalue weighted by Gasteiger charge is -2.28. The van der Waals surface area contributed by atoms with Crippen molar-refractivity contribution in [3.05, 3.63) is 384 Å². The molecule has 0 saturated carbocycles. The Balaban J connectivity index is 0.000000119. The third-order valence-corrected chi connectivity index (χ3v) is 23.0. The number of aliphatic hydroxyl groups excluding tert-OH is 2. The summed E-state index contributed by atoms with van der Waals surface area (Å²) in [5.41, 5.74) is 24.6. The highest BCUT2D eigenvalue weighted by molar-refractivity contribution is 6.32. The van der Waals surface area contributed by atoms with E-state index in [0.717, 1.165) is 166 Å². The van der Waals surface area contributed by atoms with Crippen molar-refractivity contribution in [2.75, 3.05) is 48.0 Å². The number of hydrogen-bond donors (Lipinski definition) is 6. The number of nitrogens with one attached hydrogen (secondary N) is 4. The van der Waals surface area contributed by atoms with Gasteiger partial charge in [0.2, 0.25) is 23.8 Å². The molecule has 6 N–H and O–H groups in total. The fourth-order valence-corrected chi connectivity index (χ4v) is 16.8. The number of benzene rings is 10. The largest absolute Gasteiger partial charge is 0.497 e. The predicted molar refractivity (Wildman–Crippen MR) is 476 cm³/mol. The van der Waals surface area contributed by atoms with E-state index >= 15 is 0 Å². The van der Waals surface area contributed by atoms with Gasteiger partial charge in [-0.05, 0) is 197 Å². The van der Waals surface area contributed by atoms with E-state index in [0.29, 0.717) is 43.5 Å². The summed E-state index contributed by atoms with van der Waals surface area (Å²) in [6.45, 7) is 5.46. The second kappa shape index (κ2) is 37.5. The molecular weight excluding hydrogens is 1570 g/mol. The number of methoxy groups -OCH3 is 1. The quantitative estimate of drug-likeness (QED) is 0.0417. The molecule has 10 aromatic carbocycles. The molecule has 6 atom stereocenters. The van der Waals surface area contributed by atoms with Crippen molar-refractivity contribution in [2.24, 2.45) is 0 Å². The normalized spacial score (nSPS) is 15.2. The van der Waals surface area contributed by atoms with Crippen molar-refractivity contribution < 1.29 is 24.1 Å².